The van der Waals surface area contributed by atoms with Gasteiger partial charge in [-0.25, -0.2) is 4.79 Å². The molecule has 98 valence electrons. The number of hydrogen-bond acceptors (Lipinski definition) is 3. The fourth-order valence-electron chi connectivity index (χ4n) is 1.49. The molecule has 0 radical (unpaired) electrons. The summed E-state index contributed by atoms with van der Waals surface area (Å²) in [6, 6.07) is 0. The monoisotopic (exact) mass is 242 g/mol. The van der Waals surface area contributed by atoms with E-state index in [4.69, 9.17) is 4.74 Å². The van der Waals surface area contributed by atoms with Gasteiger partial charge in [-0.05, 0) is 33.1 Å². The highest BCUT2D eigenvalue weighted by atomic mass is 16.6. The highest BCUT2D eigenvalue weighted by molar-refractivity contribution is 5.83. The molecule has 2 amide bonds. The quantitative estimate of drug-likeness (QED) is 0.783. The molecular formula is C12H22N2O3. The number of alkyl carbamates (subject to hydrolysis) is 1. The first-order valence-corrected chi connectivity index (χ1v) is 6.02. The van der Waals surface area contributed by atoms with E-state index in [-0.39, 0.29) is 11.4 Å². The lowest BCUT2D eigenvalue weighted by Crippen LogP contribution is -2.45. The van der Waals surface area contributed by atoms with Crippen LogP contribution >= 0.6 is 0 Å². The zero-order valence-electron chi connectivity index (χ0n) is 11.0. The molecule has 0 aromatic carbocycles. The minimum absolute atomic E-state index is 0.235. The summed E-state index contributed by atoms with van der Waals surface area (Å²) in [6.45, 7) is 5.60. The fourth-order valence-corrected chi connectivity index (χ4v) is 1.49. The Morgan fingerprint density at radius 2 is 1.94 bits per heavy atom. The molecule has 0 heterocycles. The maximum Gasteiger partial charge on any atom is 0.408 e. The van der Waals surface area contributed by atoms with E-state index in [9.17, 15) is 9.59 Å². The molecule has 0 saturated heterocycles. The predicted molar refractivity (Wildman–Crippen MR) is 64.6 cm³/mol. The summed E-state index contributed by atoms with van der Waals surface area (Å²) >= 11 is 0. The molecule has 2 N–H and O–H groups in total. The Kier molecular flexibility index (Phi) is 4.37. The van der Waals surface area contributed by atoms with Gasteiger partial charge in [-0.1, -0.05) is 12.8 Å². The van der Waals surface area contributed by atoms with Crippen molar-refractivity contribution in [3.63, 3.8) is 0 Å². The van der Waals surface area contributed by atoms with E-state index in [1.165, 1.54) is 0 Å². The standard InChI is InChI=1S/C12H22N2O3/c1-12(2,3)14-11(16)17-9(10(15)13-4)7-8-5-6-8/h8-9H,5-7H2,1-4H3,(H,13,15)(H,14,16)/t9-/m0/s1. The highest BCUT2D eigenvalue weighted by Crippen LogP contribution is 2.34. The van der Waals surface area contributed by atoms with Crippen molar-refractivity contribution in [1.82, 2.24) is 10.6 Å². The number of likely N-dealkylation sites (N-methyl/N-ethyl adjacent to an activating group) is 1. The van der Waals surface area contributed by atoms with Crippen LogP contribution in [-0.4, -0.2) is 30.7 Å². The summed E-state index contributed by atoms with van der Waals surface area (Å²) < 4.78 is 5.17. The fraction of sp³-hybridized carbons (Fsp3) is 0.833. The largest absolute Gasteiger partial charge is 0.436 e. The average Bonchev–Trinajstić information content (AvgIpc) is 2.96. The summed E-state index contributed by atoms with van der Waals surface area (Å²) in [6.07, 6.45) is 1.66. The van der Waals surface area contributed by atoms with Crippen molar-refractivity contribution >= 4 is 12.0 Å². The Labute approximate surface area is 102 Å². The second-order valence-corrected chi connectivity index (χ2v) is 5.56. The molecule has 1 atom stereocenters. The zero-order valence-corrected chi connectivity index (χ0v) is 11.0. The number of nitrogens with one attached hydrogen (secondary N) is 2. The molecule has 1 aliphatic rings. The van der Waals surface area contributed by atoms with E-state index < -0.39 is 12.2 Å². The van der Waals surface area contributed by atoms with Gasteiger partial charge in [0.15, 0.2) is 6.10 Å². The molecule has 1 rings (SSSR count). The van der Waals surface area contributed by atoms with Crippen LogP contribution in [0.15, 0.2) is 0 Å². The van der Waals surface area contributed by atoms with Gasteiger partial charge in [0.25, 0.3) is 5.91 Å². The Hall–Kier alpha value is -1.26. The van der Waals surface area contributed by atoms with E-state index in [0.29, 0.717) is 12.3 Å². The van der Waals surface area contributed by atoms with Crippen LogP contribution < -0.4 is 10.6 Å². The summed E-state index contributed by atoms with van der Waals surface area (Å²) in [5.74, 6) is 0.292. The summed E-state index contributed by atoms with van der Waals surface area (Å²) in [5, 5.41) is 5.20. The van der Waals surface area contributed by atoms with Crippen molar-refractivity contribution in [1.29, 1.82) is 0 Å². The lowest BCUT2D eigenvalue weighted by Gasteiger charge is -2.23. The number of rotatable bonds is 4. The predicted octanol–water partition coefficient (Wildman–Crippen LogP) is 1.43. The lowest BCUT2D eigenvalue weighted by atomic mass is 10.1. The van der Waals surface area contributed by atoms with Gasteiger partial charge in [-0.3, -0.25) is 4.79 Å². The first-order chi connectivity index (χ1) is 7.81. The highest BCUT2D eigenvalue weighted by Gasteiger charge is 2.32. The van der Waals surface area contributed by atoms with Gasteiger partial charge < -0.3 is 15.4 Å². The van der Waals surface area contributed by atoms with E-state index in [1.807, 2.05) is 20.8 Å². The molecule has 0 bridgehead atoms. The first kappa shape index (κ1) is 13.8. The van der Waals surface area contributed by atoms with Crippen LogP contribution in [0, 0.1) is 5.92 Å². The van der Waals surface area contributed by atoms with Gasteiger partial charge in [-0.15, -0.1) is 0 Å². The SMILES string of the molecule is CNC(=O)[C@H](CC1CC1)OC(=O)NC(C)(C)C. The molecule has 17 heavy (non-hydrogen) atoms. The topological polar surface area (TPSA) is 67.4 Å². The third-order valence-corrected chi connectivity index (χ3v) is 2.51. The van der Waals surface area contributed by atoms with E-state index in [0.717, 1.165) is 12.8 Å². The molecule has 5 nitrogen and oxygen atoms in total. The van der Waals surface area contributed by atoms with Crippen LogP contribution in [-0.2, 0) is 9.53 Å². The van der Waals surface area contributed by atoms with E-state index in [1.54, 1.807) is 7.05 Å². The van der Waals surface area contributed by atoms with Gasteiger partial charge in [-0.2, -0.15) is 0 Å². The molecule has 1 saturated carbocycles. The minimum atomic E-state index is -0.671. The number of carbonyl (C=O) groups is 2. The van der Waals surface area contributed by atoms with Crippen molar-refractivity contribution in [2.45, 2.75) is 51.7 Å². The van der Waals surface area contributed by atoms with Crippen LogP contribution in [0.3, 0.4) is 0 Å². The molecule has 5 heteroatoms. The third-order valence-electron chi connectivity index (χ3n) is 2.51. The van der Waals surface area contributed by atoms with E-state index >= 15 is 0 Å². The normalized spacial score (nSPS) is 17.2. The van der Waals surface area contributed by atoms with Crippen LogP contribution in [0.25, 0.3) is 0 Å². The maximum atomic E-state index is 11.6. The van der Waals surface area contributed by atoms with Crippen LogP contribution in [0.4, 0.5) is 4.79 Å². The first-order valence-electron chi connectivity index (χ1n) is 6.02. The van der Waals surface area contributed by atoms with Gasteiger partial charge in [0.05, 0.1) is 0 Å². The molecule has 0 unspecified atom stereocenters. The third kappa shape index (κ3) is 5.56. The van der Waals surface area contributed by atoms with Crippen LogP contribution in [0.2, 0.25) is 0 Å². The molecular weight excluding hydrogens is 220 g/mol. The van der Waals surface area contributed by atoms with Crippen LogP contribution in [0.5, 0.6) is 0 Å². The molecule has 1 aliphatic carbocycles. The molecule has 0 aromatic rings. The molecule has 1 fully saturated rings. The Morgan fingerprint density at radius 1 is 1.35 bits per heavy atom. The maximum absolute atomic E-state index is 11.6. The molecule has 0 spiro atoms. The smallest absolute Gasteiger partial charge is 0.408 e. The lowest BCUT2D eigenvalue weighted by molar-refractivity contribution is -0.129. The van der Waals surface area contributed by atoms with Crippen molar-refractivity contribution < 1.29 is 14.3 Å². The minimum Gasteiger partial charge on any atom is -0.436 e. The van der Waals surface area contributed by atoms with Crippen LogP contribution in [0.1, 0.15) is 40.0 Å². The van der Waals surface area contributed by atoms with Gasteiger partial charge >= 0.3 is 6.09 Å². The number of hydrogen-bond donors (Lipinski definition) is 2. The van der Waals surface area contributed by atoms with Crippen molar-refractivity contribution in [2.75, 3.05) is 7.05 Å². The average molecular weight is 242 g/mol. The summed E-state index contributed by atoms with van der Waals surface area (Å²) in [4.78, 5) is 23.1. The number of ether oxygens (including phenoxy) is 1. The molecule has 0 aliphatic heterocycles. The zero-order chi connectivity index (χ0) is 13.1. The van der Waals surface area contributed by atoms with Gasteiger partial charge in [0.1, 0.15) is 0 Å². The Morgan fingerprint density at radius 3 is 2.35 bits per heavy atom. The Balaban J connectivity index is 2.46. The summed E-state index contributed by atoms with van der Waals surface area (Å²) in [5.41, 5.74) is -0.357. The van der Waals surface area contributed by atoms with Crippen molar-refractivity contribution in [2.24, 2.45) is 5.92 Å². The van der Waals surface area contributed by atoms with Crippen molar-refractivity contribution in [3.05, 3.63) is 0 Å². The second kappa shape index (κ2) is 5.38. The Bertz CT molecular complexity index is 293. The number of amides is 2. The van der Waals surface area contributed by atoms with Crippen molar-refractivity contribution in [3.8, 4) is 0 Å². The van der Waals surface area contributed by atoms with Gasteiger partial charge in [0, 0.05) is 12.6 Å². The second-order valence-electron chi connectivity index (χ2n) is 5.56. The van der Waals surface area contributed by atoms with E-state index in [2.05, 4.69) is 10.6 Å². The number of carbonyl (C=O) groups excluding carboxylic acids is 2. The van der Waals surface area contributed by atoms with Gasteiger partial charge in [0.2, 0.25) is 0 Å². The molecule has 0 aromatic heterocycles. The summed E-state index contributed by atoms with van der Waals surface area (Å²) in [7, 11) is 1.55.